The van der Waals surface area contributed by atoms with Gasteiger partial charge in [0.1, 0.15) is 5.69 Å². The molecule has 0 unspecified atom stereocenters. The summed E-state index contributed by atoms with van der Waals surface area (Å²) < 4.78 is 0. The molecule has 0 saturated carbocycles. The summed E-state index contributed by atoms with van der Waals surface area (Å²) in [6.45, 7) is 4.82. The van der Waals surface area contributed by atoms with Gasteiger partial charge in [-0.1, -0.05) is 18.2 Å². The lowest BCUT2D eigenvalue weighted by atomic mass is 10.1. The molecule has 4 nitrogen and oxygen atoms in total. The fourth-order valence-electron chi connectivity index (χ4n) is 1.73. The number of hydrogen-bond acceptors (Lipinski definition) is 4. The number of nitrogens with zero attached hydrogens (tertiary/aromatic N) is 2. The normalized spacial score (nSPS) is 10.8. The average Bonchev–Trinajstić information content (AvgIpc) is 2.42. The minimum atomic E-state index is 0.759. The van der Waals surface area contributed by atoms with Crippen LogP contribution in [0.5, 0.6) is 0 Å². The lowest BCUT2D eigenvalue weighted by Crippen LogP contribution is -1.99. The van der Waals surface area contributed by atoms with Crippen molar-refractivity contribution in [2.24, 2.45) is 10.2 Å². The lowest BCUT2D eigenvalue weighted by Gasteiger charge is -2.09. The fraction of sp³-hybridized carbons (Fsp3) is 0.200. The molecule has 0 fully saturated rings. The van der Waals surface area contributed by atoms with E-state index in [-0.39, 0.29) is 0 Å². The number of azo groups is 1. The molecule has 0 radical (unpaired) electrons. The van der Waals surface area contributed by atoms with Crippen molar-refractivity contribution in [3.8, 4) is 0 Å². The summed E-state index contributed by atoms with van der Waals surface area (Å²) in [7, 11) is 0. The van der Waals surface area contributed by atoms with Gasteiger partial charge in [0.2, 0.25) is 0 Å². The molecule has 4 heteroatoms. The Hall–Kier alpha value is -2.36. The van der Waals surface area contributed by atoms with Crippen molar-refractivity contribution in [3.63, 3.8) is 0 Å². The van der Waals surface area contributed by atoms with E-state index in [4.69, 9.17) is 5.73 Å². The van der Waals surface area contributed by atoms with Crippen LogP contribution < -0.4 is 11.1 Å². The Morgan fingerprint density at radius 1 is 1.11 bits per heavy atom. The maximum atomic E-state index is 5.91. The predicted octanol–water partition coefficient (Wildman–Crippen LogP) is 4.42. The van der Waals surface area contributed by atoms with Gasteiger partial charge >= 0.3 is 0 Å². The Morgan fingerprint density at radius 3 is 2.53 bits per heavy atom. The number of nitrogens with one attached hydrogen (secondary N) is 1. The van der Waals surface area contributed by atoms with Gasteiger partial charge in [-0.25, -0.2) is 0 Å². The topological polar surface area (TPSA) is 62.8 Å². The van der Waals surface area contributed by atoms with E-state index >= 15 is 0 Å². The Balaban J connectivity index is 2.33. The molecule has 2 rings (SSSR count). The summed E-state index contributed by atoms with van der Waals surface area (Å²) >= 11 is 0. The summed E-state index contributed by atoms with van der Waals surface area (Å²) in [5.74, 6) is 0. The molecule has 19 heavy (non-hydrogen) atoms. The molecule has 0 aliphatic rings. The van der Waals surface area contributed by atoms with Crippen molar-refractivity contribution in [2.45, 2.75) is 13.8 Å². The molecule has 0 heterocycles. The van der Waals surface area contributed by atoms with Crippen LogP contribution in [-0.2, 0) is 0 Å². The van der Waals surface area contributed by atoms with Crippen LogP contribution in [0.15, 0.2) is 52.7 Å². The molecule has 0 bridgehead atoms. The standard InChI is InChI=1S/C15H18N4/c1-3-17-14-10-13(16)11(2)9-15(14)19-18-12-7-5-4-6-8-12/h4-10,17H,3,16H2,1-2H3. The molecule has 0 amide bonds. The van der Waals surface area contributed by atoms with Crippen LogP contribution >= 0.6 is 0 Å². The zero-order valence-electron chi connectivity index (χ0n) is 11.2. The highest BCUT2D eigenvalue weighted by atomic mass is 15.1. The zero-order chi connectivity index (χ0) is 13.7. The first-order valence-corrected chi connectivity index (χ1v) is 6.31. The second-order valence-electron chi connectivity index (χ2n) is 4.29. The number of benzene rings is 2. The molecular formula is C15H18N4. The molecule has 0 atom stereocenters. The van der Waals surface area contributed by atoms with Gasteiger partial charge in [0, 0.05) is 12.2 Å². The van der Waals surface area contributed by atoms with Crippen LogP contribution in [0.2, 0.25) is 0 Å². The molecule has 2 aromatic carbocycles. The van der Waals surface area contributed by atoms with E-state index in [1.807, 2.05) is 56.3 Å². The first-order valence-electron chi connectivity index (χ1n) is 6.31. The Bertz CT molecular complexity index is 576. The van der Waals surface area contributed by atoms with Crippen molar-refractivity contribution in [3.05, 3.63) is 48.0 Å². The van der Waals surface area contributed by atoms with Crippen molar-refractivity contribution in [1.29, 1.82) is 0 Å². The predicted molar refractivity (Wildman–Crippen MR) is 80.4 cm³/mol. The summed E-state index contributed by atoms with van der Waals surface area (Å²) in [4.78, 5) is 0. The van der Waals surface area contributed by atoms with Crippen LogP contribution in [0.4, 0.5) is 22.7 Å². The number of rotatable bonds is 4. The van der Waals surface area contributed by atoms with E-state index in [0.717, 1.165) is 34.9 Å². The van der Waals surface area contributed by atoms with E-state index in [2.05, 4.69) is 15.5 Å². The molecule has 0 aliphatic heterocycles. The van der Waals surface area contributed by atoms with Crippen LogP contribution in [0.1, 0.15) is 12.5 Å². The molecule has 0 saturated heterocycles. The van der Waals surface area contributed by atoms with Crippen LogP contribution in [0.3, 0.4) is 0 Å². The first-order chi connectivity index (χ1) is 9.20. The van der Waals surface area contributed by atoms with E-state index in [1.165, 1.54) is 0 Å². The third kappa shape index (κ3) is 3.31. The minimum Gasteiger partial charge on any atom is -0.398 e. The van der Waals surface area contributed by atoms with Gasteiger partial charge in [0.15, 0.2) is 0 Å². The van der Waals surface area contributed by atoms with Gasteiger partial charge in [-0.05, 0) is 43.7 Å². The maximum Gasteiger partial charge on any atom is 0.109 e. The second-order valence-corrected chi connectivity index (χ2v) is 4.29. The molecule has 2 aromatic rings. The molecule has 3 N–H and O–H groups in total. The monoisotopic (exact) mass is 254 g/mol. The Morgan fingerprint density at radius 2 is 1.84 bits per heavy atom. The van der Waals surface area contributed by atoms with Gasteiger partial charge < -0.3 is 11.1 Å². The number of hydrogen-bond donors (Lipinski definition) is 2. The number of anilines is 2. The molecule has 0 aromatic heterocycles. The van der Waals surface area contributed by atoms with E-state index in [1.54, 1.807) is 0 Å². The SMILES string of the molecule is CCNc1cc(N)c(C)cc1N=Nc1ccccc1. The quantitative estimate of drug-likeness (QED) is 0.626. The summed E-state index contributed by atoms with van der Waals surface area (Å²) in [5, 5.41) is 11.8. The van der Waals surface area contributed by atoms with Gasteiger partial charge in [0.05, 0.1) is 11.4 Å². The number of nitrogens with two attached hydrogens (primary N) is 1. The zero-order valence-corrected chi connectivity index (χ0v) is 11.2. The van der Waals surface area contributed by atoms with Crippen LogP contribution in [0.25, 0.3) is 0 Å². The van der Waals surface area contributed by atoms with Gasteiger partial charge in [-0.15, -0.1) is 5.11 Å². The van der Waals surface area contributed by atoms with Gasteiger partial charge in [-0.3, -0.25) is 0 Å². The highest BCUT2D eigenvalue weighted by Gasteiger charge is 2.04. The molecule has 0 aliphatic carbocycles. The number of nitrogen functional groups attached to an aromatic ring is 1. The highest BCUT2D eigenvalue weighted by Crippen LogP contribution is 2.31. The molecule has 0 spiro atoms. The molecule has 98 valence electrons. The third-order valence-electron chi connectivity index (χ3n) is 2.78. The summed E-state index contributed by atoms with van der Waals surface area (Å²) in [5.41, 5.74) is 10.2. The van der Waals surface area contributed by atoms with Gasteiger partial charge in [-0.2, -0.15) is 5.11 Å². The third-order valence-corrected chi connectivity index (χ3v) is 2.78. The average molecular weight is 254 g/mol. The van der Waals surface area contributed by atoms with Crippen molar-refractivity contribution >= 4 is 22.7 Å². The van der Waals surface area contributed by atoms with Crippen molar-refractivity contribution in [2.75, 3.05) is 17.6 Å². The second kappa shape index (κ2) is 6.00. The maximum absolute atomic E-state index is 5.91. The lowest BCUT2D eigenvalue weighted by molar-refractivity contribution is 1.18. The van der Waals surface area contributed by atoms with E-state index in [0.29, 0.717) is 0 Å². The Labute approximate surface area is 113 Å². The van der Waals surface area contributed by atoms with E-state index < -0.39 is 0 Å². The highest BCUT2D eigenvalue weighted by molar-refractivity contribution is 5.72. The van der Waals surface area contributed by atoms with Crippen molar-refractivity contribution in [1.82, 2.24) is 0 Å². The summed E-state index contributed by atoms with van der Waals surface area (Å²) in [6.07, 6.45) is 0. The van der Waals surface area contributed by atoms with Crippen LogP contribution in [0, 0.1) is 6.92 Å². The van der Waals surface area contributed by atoms with Crippen LogP contribution in [-0.4, -0.2) is 6.54 Å². The largest absolute Gasteiger partial charge is 0.398 e. The van der Waals surface area contributed by atoms with Crippen molar-refractivity contribution < 1.29 is 0 Å². The van der Waals surface area contributed by atoms with Gasteiger partial charge in [0.25, 0.3) is 0 Å². The smallest absolute Gasteiger partial charge is 0.109 e. The molecular weight excluding hydrogens is 236 g/mol. The minimum absolute atomic E-state index is 0.759. The first kappa shape index (κ1) is 13.1. The van der Waals surface area contributed by atoms with E-state index in [9.17, 15) is 0 Å². The number of aryl methyl sites for hydroxylation is 1. The fourth-order valence-corrected chi connectivity index (χ4v) is 1.73. The Kier molecular flexibility index (Phi) is 4.13. The summed E-state index contributed by atoms with van der Waals surface area (Å²) in [6, 6.07) is 13.5.